The molecular formula is C16H22BrNO2. The van der Waals surface area contributed by atoms with Gasteiger partial charge in [0.05, 0.1) is 13.2 Å². The van der Waals surface area contributed by atoms with Crippen LogP contribution in [0.2, 0.25) is 0 Å². The molecule has 0 bridgehead atoms. The number of fused-ring (bicyclic) bond motifs is 1. The van der Waals surface area contributed by atoms with Crippen molar-refractivity contribution in [2.24, 2.45) is 5.92 Å². The lowest BCUT2D eigenvalue weighted by Crippen LogP contribution is -2.36. The number of rotatable bonds is 3. The largest absolute Gasteiger partial charge is 0.493 e. The van der Waals surface area contributed by atoms with E-state index >= 15 is 0 Å². The Labute approximate surface area is 129 Å². The molecule has 0 saturated carbocycles. The maximum absolute atomic E-state index is 5.87. The van der Waals surface area contributed by atoms with Crippen LogP contribution in [0.5, 0.6) is 5.75 Å². The summed E-state index contributed by atoms with van der Waals surface area (Å²) in [5.41, 5.74) is 1.29. The van der Waals surface area contributed by atoms with E-state index in [9.17, 15) is 0 Å². The molecule has 0 amide bonds. The highest BCUT2D eigenvalue weighted by Crippen LogP contribution is 2.34. The van der Waals surface area contributed by atoms with Crippen LogP contribution in [0.25, 0.3) is 0 Å². The molecule has 2 aliphatic rings. The summed E-state index contributed by atoms with van der Waals surface area (Å²) >= 11 is 3.52. The number of ether oxygens (including phenoxy) is 2. The molecule has 1 saturated heterocycles. The van der Waals surface area contributed by atoms with Gasteiger partial charge in [-0.1, -0.05) is 22.0 Å². The van der Waals surface area contributed by atoms with Crippen LogP contribution in [0.4, 0.5) is 0 Å². The minimum Gasteiger partial charge on any atom is -0.493 e. The van der Waals surface area contributed by atoms with E-state index in [1.54, 1.807) is 0 Å². The first-order valence-corrected chi connectivity index (χ1v) is 8.29. The van der Waals surface area contributed by atoms with E-state index in [0.29, 0.717) is 18.0 Å². The molecule has 3 unspecified atom stereocenters. The smallest absolute Gasteiger partial charge is 0.125 e. The minimum absolute atomic E-state index is 0.385. The molecular weight excluding hydrogens is 318 g/mol. The van der Waals surface area contributed by atoms with Crippen molar-refractivity contribution in [2.75, 3.05) is 19.8 Å². The molecule has 3 atom stereocenters. The molecule has 0 aromatic heterocycles. The lowest BCUT2D eigenvalue weighted by molar-refractivity contribution is 0.176. The predicted octanol–water partition coefficient (Wildman–Crippen LogP) is 3.68. The van der Waals surface area contributed by atoms with Crippen molar-refractivity contribution >= 4 is 15.9 Å². The number of hydrogen-bond acceptors (Lipinski definition) is 3. The van der Waals surface area contributed by atoms with Gasteiger partial charge in [0.15, 0.2) is 0 Å². The zero-order valence-electron chi connectivity index (χ0n) is 11.9. The zero-order valence-corrected chi connectivity index (χ0v) is 13.5. The van der Waals surface area contributed by atoms with Crippen molar-refractivity contribution < 1.29 is 9.47 Å². The zero-order chi connectivity index (χ0) is 13.9. The molecule has 20 heavy (non-hydrogen) atoms. The summed E-state index contributed by atoms with van der Waals surface area (Å²) in [7, 11) is 0. The topological polar surface area (TPSA) is 30.5 Å². The van der Waals surface area contributed by atoms with Gasteiger partial charge >= 0.3 is 0 Å². The number of nitrogens with one attached hydrogen (secondary N) is 1. The molecule has 3 nitrogen and oxygen atoms in total. The second-order valence-corrected chi connectivity index (χ2v) is 6.72. The number of hydrogen-bond donors (Lipinski definition) is 1. The van der Waals surface area contributed by atoms with Gasteiger partial charge in [0, 0.05) is 28.7 Å². The van der Waals surface area contributed by atoms with Crippen molar-refractivity contribution in [1.82, 2.24) is 5.32 Å². The van der Waals surface area contributed by atoms with E-state index in [1.807, 2.05) is 0 Å². The third-order valence-electron chi connectivity index (χ3n) is 4.38. The van der Waals surface area contributed by atoms with Crippen molar-refractivity contribution in [3.63, 3.8) is 0 Å². The SMILES string of the molecule is CC(NC1CCCOc2cc(Br)ccc21)C1CCOC1. The maximum Gasteiger partial charge on any atom is 0.125 e. The van der Waals surface area contributed by atoms with Crippen LogP contribution in [-0.2, 0) is 4.74 Å². The Bertz CT molecular complexity index is 460. The highest BCUT2D eigenvalue weighted by atomic mass is 79.9. The molecule has 110 valence electrons. The van der Waals surface area contributed by atoms with E-state index in [4.69, 9.17) is 9.47 Å². The summed E-state index contributed by atoms with van der Waals surface area (Å²) < 4.78 is 12.5. The van der Waals surface area contributed by atoms with Crippen molar-refractivity contribution in [2.45, 2.75) is 38.3 Å². The van der Waals surface area contributed by atoms with Crippen molar-refractivity contribution in [3.8, 4) is 5.75 Å². The fraction of sp³-hybridized carbons (Fsp3) is 0.625. The molecule has 2 heterocycles. The quantitative estimate of drug-likeness (QED) is 0.911. The normalized spacial score (nSPS) is 27.5. The van der Waals surface area contributed by atoms with E-state index < -0.39 is 0 Å². The third-order valence-corrected chi connectivity index (χ3v) is 4.88. The van der Waals surface area contributed by atoms with E-state index in [-0.39, 0.29) is 0 Å². The van der Waals surface area contributed by atoms with Gasteiger partial charge in [0.25, 0.3) is 0 Å². The van der Waals surface area contributed by atoms with Crippen molar-refractivity contribution in [1.29, 1.82) is 0 Å². The van der Waals surface area contributed by atoms with Crippen LogP contribution in [-0.4, -0.2) is 25.9 Å². The van der Waals surface area contributed by atoms with Gasteiger partial charge in [-0.05, 0) is 44.2 Å². The Hall–Kier alpha value is -0.580. The molecule has 4 heteroatoms. The van der Waals surface area contributed by atoms with Crippen LogP contribution < -0.4 is 10.1 Å². The van der Waals surface area contributed by atoms with Crippen molar-refractivity contribution in [3.05, 3.63) is 28.2 Å². The summed E-state index contributed by atoms with van der Waals surface area (Å²) in [6.45, 7) is 4.89. The Morgan fingerprint density at radius 2 is 2.20 bits per heavy atom. The average Bonchev–Trinajstić information content (AvgIpc) is 2.90. The second kappa shape index (κ2) is 6.46. The molecule has 1 fully saturated rings. The minimum atomic E-state index is 0.385. The van der Waals surface area contributed by atoms with Crippen LogP contribution in [0, 0.1) is 5.92 Å². The molecule has 0 spiro atoms. The Balaban J connectivity index is 1.75. The monoisotopic (exact) mass is 339 g/mol. The van der Waals surface area contributed by atoms with Gasteiger partial charge < -0.3 is 14.8 Å². The average molecular weight is 340 g/mol. The first-order valence-electron chi connectivity index (χ1n) is 7.50. The molecule has 0 radical (unpaired) electrons. The highest BCUT2D eigenvalue weighted by Gasteiger charge is 2.27. The van der Waals surface area contributed by atoms with Crippen LogP contribution >= 0.6 is 15.9 Å². The van der Waals surface area contributed by atoms with Gasteiger partial charge in [-0.25, -0.2) is 0 Å². The fourth-order valence-electron chi connectivity index (χ4n) is 3.12. The van der Waals surface area contributed by atoms with Gasteiger partial charge in [-0.15, -0.1) is 0 Å². The van der Waals surface area contributed by atoms with Crippen LogP contribution in [0.15, 0.2) is 22.7 Å². The number of halogens is 1. The first kappa shape index (κ1) is 14.4. The first-order chi connectivity index (χ1) is 9.74. The molecule has 3 rings (SSSR count). The molecule has 0 aliphatic carbocycles. The van der Waals surface area contributed by atoms with Gasteiger partial charge in [0.1, 0.15) is 5.75 Å². The van der Waals surface area contributed by atoms with Crippen LogP contribution in [0.3, 0.4) is 0 Å². The van der Waals surface area contributed by atoms with Gasteiger partial charge in [0.2, 0.25) is 0 Å². The Morgan fingerprint density at radius 1 is 1.30 bits per heavy atom. The Kier molecular flexibility index (Phi) is 4.64. The summed E-state index contributed by atoms with van der Waals surface area (Å²) in [6.07, 6.45) is 3.40. The lowest BCUT2D eigenvalue weighted by atomic mass is 9.96. The summed E-state index contributed by atoms with van der Waals surface area (Å²) in [5.74, 6) is 1.65. The predicted molar refractivity (Wildman–Crippen MR) is 83.1 cm³/mol. The molecule has 2 aliphatic heterocycles. The fourth-order valence-corrected chi connectivity index (χ4v) is 3.46. The standard InChI is InChI=1S/C16H22BrNO2/c1-11(12-6-8-19-10-12)18-15-3-2-7-20-16-9-13(17)4-5-14(15)16/h4-5,9,11-12,15,18H,2-3,6-8,10H2,1H3. The summed E-state index contributed by atoms with van der Waals surface area (Å²) in [5, 5.41) is 3.80. The van der Waals surface area contributed by atoms with E-state index in [0.717, 1.165) is 42.9 Å². The molecule has 1 N–H and O–H groups in total. The summed E-state index contributed by atoms with van der Waals surface area (Å²) in [4.78, 5) is 0. The van der Waals surface area contributed by atoms with Gasteiger partial charge in [-0.3, -0.25) is 0 Å². The van der Waals surface area contributed by atoms with E-state index in [1.165, 1.54) is 12.0 Å². The second-order valence-electron chi connectivity index (χ2n) is 5.80. The number of benzene rings is 1. The Morgan fingerprint density at radius 3 is 3.00 bits per heavy atom. The molecule has 1 aromatic rings. The lowest BCUT2D eigenvalue weighted by Gasteiger charge is -2.26. The maximum atomic E-state index is 5.87. The highest BCUT2D eigenvalue weighted by molar-refractivity contribution is 9.10. The third kappa shape index (κ3) is 3.18. The van der Waals surface area contributed by atoms with Crippen LogP contribution in [0.1, 0.15) is 37.8 Å². The summed E-state index contributed by atoms with van der Waals surface area (Å²) in [6, 6.07) is 7.23. The molecule has 1 aromatic carbocycles. The van der Waals surface area contributed by atoms with Gasteiger partial charge in [-0.2, -0.15) is 0 Å². The van der Waals surface area contributed by atoms with E-state index in [2.05, 4.69) is 46.4 Å².